The molecule has 0 aliphatic carbocycles. The maximum Gasteiger partial charge on any atom is 0.335 e. The Labute approximate surface area is 120 Å². The van der Waals surface area contributed by atoms with Crippen molar-refractivity contribution in [3.63, 3.8) is 0 Å². The Hall–Kier alpha value is -1.77. The molecule has 2 rings (SSSR count). The predicted molar refractivity (Wildman–Crippen MR) is 82.6 cm³/mol. The molecule has 0 atom stereocenters. The average molecular weight is 273 g/mol. The van der Waals surface area contributed by atoms with Crippen molar-refractivity contribution in [2.75, 3.05) is 0 Å². The SMILES string of the molecule is CCCc1cn(CCC)c2c(CC)cc(C(=O)O)cc12. The number of carboxylic acids is 1. The molecule has 0 spiro atoms. The van der Waals surface area contributed by atoms with E-state index in [1.807, 2.05) is 12.1 Å². The molecular weight excluding hydrogens is 250 g/mol. The van der Waals surface area contributed by atoms with E-state index in [0.717, 1.165) is 43.2 Å². The molecule has 20 heavy (non-hydrogen) atoms. The lowest BCUT2D eigenvalue weighted by Gasteiger charge is -2.09. The summed E-state index contributed by atoms with van der Waals surface area (Å²) in [6.45, 7) is 7.40. The van der Waals surface area contributed by atoms with Crippen molar-refractivity contribution in [1.82, 2.24) is 4.57 Å². The summed E-state index contributed by atoms with van der Waals surface area (Å²) in [6, 6.07) is 3.67. The normalized spacial score (nSPS) is 11.2. The minimum absolute atomic E-state index is 0.404. The molecule has 3 nitrogen and oxygen atoms in total. The van der Waals surface area contributed by atoms with Crippen LogP contribution in [0, 0.1) is 0 Å². The summed E-state index contributed by atoms with van der Waals surface area (Å²) >= 11 is 0. The molecule has 0 saturated heterocycles. The highest BCUT2D eigenvalue weighted by molar-refractivity contribution is 5.96. The summed E-state index contributed by atoms with van der Waals surface area (Å²) in [6.07, 6.45) is 6.22. The van der Waals surface area contributed by atoms with Gasteiger partial charge < -0.3 is 9.67 Å². The van der Waals surface area contributed by atoms with E-state index >= 15 is 0 Å². The maximum atomic E-state index is 11.3. The second kappa shape index (κ2) is 6.12. The number of aromatic carboxylic acids is 1. The number of hydrogen-bond donors (Lipinski definition) is 1. The van der Waals surface area contributed by atoms with E-state index < -0.39 is 5.97 Å². The van der Waals surface area contributed by atoms with Crippen LogP contribution in [0.15, 0.2) is 18.3 Å². The lowest BCUT2D eigenvalue weighted by atomic mass is 10.0. The van der Waals surface area contributed by atoms with Gasteiger partial charge in [-0.3, -0.25) is 0 Å². The van der Waals surface area contributed by atoms with Crippen LogP contribution in [-0.4, -0.2) is 15.6 Å². The Morgan fingerprint density at radius 2 is 1.90 bits per heavy atom. The topological polar surface area (TPSA) is 42.2 Å². The van der Waals surface area contributed by atoms with Crippen LogP contribution in [0.2, 0.25) is 0 Å². The summed E-state index contributed by atoms with van der Waals surface area (Å²) in [4.78, 5) is 11.3. The van der Waals surface area contributed by atoms with E-state index in [2.05, 4.69) is 31.5 Å². The Bertz CT molecular complexity index is 625. The molecule has 0 fully saturated rings. The van der Waals surface area contributed by atoms with Crippen molar-refractivity contribution in [1.29, 1.82) is 0 Å². The summed E-state index contributed by atoms with van der Waals surface area (Å²) in [5, 5.41) is 10.4. The van der Waals surface area contributed by atoms with Crippen molar-refractivity contribution in [2.45, 2.75) is 53.0 Å². The molecule has 0 aliphatic rings. The summed E-state index contributed by atoms with van der Waals surface area (Å²) in [5.41, 5.74) is 4.04. The van der Waals surface area contributed by atoms with E-state index in [1.54, 1.807) is 0 Å². The van der Waals surface area contributed by atoms with Gasteiger partial charge in [0.15, 0.2) is 0 Å². The molecule has 2 aromatic rings. The fourth-order valence-corrected chi connectivity index (χ4v) is 2.88. The Morgan fingerprint density at radius 3 is 2.45 bits per heavy atom. The Balaban J connectivity index is 2.74. The van der Waals surface area contributed by atoms with Gasteiger partial charge in [0.1, 0.15) is 0 Å². The highest BCUT2D eigenvalue weighted by Crippen LogP contribution is 2.28. The smallest absolute Gasteiger partial charge is 0.335 e. The number of hydrogen-bond acceptors (Lipinski definition) is 1. The minimum atomic E-state index is -0.840. The first-order chi connectivity index (χ1) is 9.62. The third kappa shape index (κ3) is 2.58. The maximum absolute atomic E-state index is 11.3. The molecule has 0 bridgehead atoms. The first-order valence-electron chi connectivity index (χ1n) is 7.50. The van der Waals surface area contributed by atoms with Gasteiger partial charge in [0, 0.05) is 18.1 Å². The zero-order chi connectivity index (χ0) is 14.7. The molecule has 1 aromatic heterocycles. The van der Waals surface area contributed by atoms with E-state index in [-0.39, 0.29) is 0 Å². The fraction of sp³-hybridized carbons (Fsp3) is 0.471. The number of aryl methyl sites for hydroxylation is 3. The van der Waals surface area contributed by atoms with Gasteiger partial charge in [0.25, 0.3) is 0 Å². The van der Waals surface area contributed by atoms with Crippen LogP contribution in [0.3, 0.4) is 0 Å². The van der Waals surface area contributed by atoms with Gasteiger partial charge in [-0.2, -0.15) is 0 Å². The highest BCUT2D eigenvalue weighted by Gasteiger charge is 2.15. The van der Waals surface area contributed by atoms with Crippen molar-refractivity contribution < 1.29 is 9.90 Å². The van der Waals surface area contributed by atoms with E-state index in [4.69, 9.17) is 0 Å². The fourth-order valence-electron chi connectivity index (χ4n) is 2.88. The number of carboxylic acid groups (broad SMARTS) is 1. The molecule has 0 saturated carbocycles. The van der Waals surface area contributed by atoms with Gasteiger partial charge in [0.2, 0.25) is 0 Å². The molecule has 1 N–H and O–H groups in total. The number of benzene rings is 1. The third-order valence-corrected chi connectivity index (χ3v) is 3.75. The molecule has 0 aliphatic heterocycles. The zero-order valence-electron chi connectivity index (χ0n) is 12.6. The van der Waals surface area contributed by atoms with Gasteiger partial charge in [-0.25, -0.2) is 4.79 Å². The number of rotatable bonds is 6. The third-order valence-electron chi connectivity index (χ3n) is 3.75. The second-order valence-corrected chi connectivity index (χ2v) is 5.29. The van der Waals surface area contributed by atoms with Gasteiger partial charge >= 0.3 is 5.97 Å². The van der Waals surface area contributed by atoms with Crippen LogP contribution in [0.1, 0.15) is 55.1 Å². The molecular formula is C17H23NO2. The lowest BCUT2D eigenvalue weighted by molar-refractivity contribution is 0.0697. The van der Waals surface area contributed by atoms with E-state index in [1.165, 1.54) is 11.1 Å². The Morgan fingerprint density at radius 1 is 1.15 bits per heavy atom. The standard InChI is InChI=1S/C17H23NO2/c1-4-7-13-11-18(8-5-2)16-12(6-3)9-14(17(19)20)10-15(13)16/h9-11H,4-8H2,1-3H3,(H,19,20). The van der Waals surface area contributed by atoms with Gasteiger partial charge in [0.05, 0.1) is 11.1 Å². The van der Waals surface area contributed by atoms with Crippen LogP contribution in [0.4, 0.5) is 0 Å². The van der Waals surface area contributed by atoms with Crippen molar-refractivity contribution in [3.8, 4) is 0 Å². The number of nitrogens with zero attached hydrogens (tertiary/aromatic N) is 1. The lowest BCUT2D eigenvalue weighted by Crippen LogP contribution is -2.01. The molecule has 1 heterocycles. The van der Waals surface area contributed by atoms with Crippen LogP contribution in [0.5, 0.6) is 0 Å². The van der Waals surface area contributed by atoms with Crippen molar-refractivity contribution in [3.05, 3.63) is 35.0 Å². The van der Waals surface area contributed by atoms with E-state index in [9.17, 15) is 9.90 Å². The number of carbonyl (C=O) groups is 1. The molecule has 1 aromatic carbocycles. The van der Waals surface area contributed by atoms with Crippen LogP contribution in [0.25, 0.3) is 10.9 Å². The second-order valence-electron chi connectivity index (χ2n) is 5.29. The Kier molecular flexibility index (Phi) is 4.48. The number of aromatic nitrogens is 1. The largest absolute Gasteiger partial charge is 0.478 e. The monoisotopic (exact) mass is 273 g/mol. The first-order valence-corrected chi connectivity index (χ1v) is 7.50. The van der Waals surface area contributed by atoms with Crippen LogP contribution in [-0.2, 0) is 19.4 Å². The average Bonchev–Trinajstić information content (AvgIpc) is 2.77. The van der Waals surface area contributed by atoms with E-state index in [0.29, 0.717) is 5.56 Å². The quantitative estimate of drug-likeness (QED) is 0.854. The zero-order valence-corrected chi connectivity index (χ0v) is 12.6. The van der Waals surface area contributed by atoms with Crippen LogP contribution < -0.4 is 0 Å². The molecule has 0 amide bonds. The predicted octanol–water partition coefficient (Wildman–Crippen LogP) is 4.26. The molecule has 3 heteroatoms. The van der Waals surface area contributed by atoms with Crippen molar-refractivity contribution in [2.24, 2.45) is 0 Å². The van der Waals surface area contributed by atoms with Gasteiger partial charge in [-0.1, -0.05) is 27.2 Å². The van der Waals surface area contributed by atoms with Crippen LogP contribution >= 0.6 is 0 Å². The summed E-state index contributed by atoms with van der Waals surface area (Å²) in [5.74, 6) is -0.840. The molecule has 0 radical (unpaired) electrons. The van der Waals surface area contributed by atoms with Crippen molar-refractivity contribution >= 4 is 16.9 Å². The summed E-state index contributed by atoms with van der Waals surface area (Å²) in [7, 11) is 0. The molecule has 108 valence electrons. The van der Waals surface area contributed by atoms with Gasteiger partial charge in [-0.15, -0.1) is 0 Å². The first kappa shape index (κ1) is 14.6. The minimum Gasteiger partial charge on any atom is -0.478 e. The molecule has 0 unspecified atom stereocenters. The van der Waals surface area contributed by atoms with Gasteiger partial charge in [-0.05, 0) is 42.5 Å². The summed E-state index contributed by atoms with van der Waals surface area (Å²) < 4.78 is 2.30. The highest BCUT2D eigenvalue weighted by atomic mass is 16.4. The number of fused-ring (bicyclic) bond motifs is 1.